The summed E-state index contributed by atoms with van der Waals surface area (Å²) in [4.78, 5) is 29.6. The predicted molar refractivity (Wildman–Crippen MR) is 202 cm³/mol. The summed E-state index contributed by atoms with van der Waals surface area (Å²) in [5.74, 6) is -0.938. The quantitative estimate of drug-likeness (QED) is 0.125. The van der Waals surface area contributed by atoms with Gasteiger partial charge in [-0.2, -0.15) is 9.94 Å². The Labute approximate surface area is 312 Å². The van der Waals surface area contributed by atoms with E-state index in [1.807, 2.05) is 32.9 Å². The largest absolute Gasteiger partial charge is 0.444 e. The number of ether oxygens (including phenoxy) is 1. The summed E-state index contributed by atoms with van der Waals surface area (Å²) >= 11 is 0. The fraction of sp³-hybridized carbons (Fsp3) is 0.375. The molecule has 13 heteroatoms. The molecule has 1 fully saturated rings. The molecule has 1 heterocycles. The van der Waals surface area contributed by atoms with E-state index < -0.39 is 44.7 Å². The number of nitriles is 1. The summed E-state index contributed by atoms with van der Waals surface area (Å²) in [6.45, 7) is 18.6. The summed E-state index contributed by atoms with van der Waals surface area (Å²) < 4.78 is 38.9. The molecule has 1 aliphatic carbocycles. The molecule has 11 nitrogen and oxygen atoms in total. The Hall–Kier alpha value is -5.37. The molecule has 2 amide bonds. The van der Waals surface area contributed by atoms with Crippen molar-refractivity contribution in [1.29, 1.82) is 5.26 Å². The van der Waals surface area contributed by atoms with Gasteiger partial charge in [0.1, 0.15) is 17.1 Å². The van der Waals surface area contributed by atoms with E-state index in [-0.39, 0.29) is 23.7 Å². The van der Waals surface area contributed by atoms with E-state index in [9.17, 15) is 19.1 Å². The van der Waals surface area contributed by atoms with Crippen molar-refractivity contribution in [3.8, 4) is 11.8 Å². The highest BCUT2D eigenvalue weighted by atomic mass is 32.2. The van der Waals surface area contributed by atoms with Crippen molar-refractivity contribution in [2.24, 2.45) is 5.92 Å². The van der Waals surface area contributed by atoms with Crippen LogP contribution in [0.15, 0.2) is 72.8 Å². The van der Waals surface area contributed by atoms with Gasteiger partial charge in [0.2, 0.25) is 0 Å². The molecule has 1 saturated carbocycles. The van der Waals surface area contributed by atoms with Gasteiger partial charge in [-0.3, -0.25) is 4.79 Å². The van der Waals surface area contributed by atoms with Gasteiger partial charge in [-0.25, -0.2) is 18.1 Å². The van der Waals surface area contributed by atoms with Crippen LogP contribution in [-0.4, -0.2) is 36.3 Å². The highest BCUT2D eigenvalue weighted by Crippen LogP contribution is 2.43. The second-order valence-electron chi connectivity index (χ2n) is 15.1. The minimum absolute atomic E-state index is 0.0166. The zero-order chi connectivity index (χ0) is 38.6. The Kier molecular flexibility index (Phi) is 11.5. The van der Waals surface area contributed by atoms with E-state index in [0.29, 0.717) is 34.7 Å². The van der Waals surface area contributed by atoms with E-state index in [1.165, 1.54) is 16.8 Å². The van der Waals surface area contributed by atoms with Gasteiger partial charge in [-0.15, -0.1) is 0 Å². The molecule has 0 radical (unpaired) electrons. The molecule has 1 aromatic heterocycles. The van der Waals surface area contributed by atoms with E-state index in [0.717, 1.165) is 24.8 Å². The van der Waals surface area contributed by atoms with E-state index in [1.54, 1.807) is 69.3 Å². The van der Waals surface area contributed by atoms with Crippen molar-refractivity contribution >= 4 is 34.5 Å². The number of nitrogens with one attached hydrogen (secondary N) is 3. The zero-order valence-corrected chi connectivity index (χ0v) is 31.6. The molecule has 276 valence electrons. The molecule has 0 saturated heterocycles. The Morgan fingerprint density at radius 2 is 1.74 bits per heavy atom. The van der Waals surface area contributed by atoms with Crippen molar-refractivity contribution in [1.82, 2.24) is 19.8 Å². The molecule has 3 aromatic carbocycles. The van der Waals surface area contributed by atoms with E-state index in [4.69, 9.17) is 11.3 Å². The minimum Gasteiger partial charge on any atom is -0.444 e. The first kappa shape index (κ1) is 38.9. The van der Waals surface area contributed by atoms with E-state index in [2.05, 4.69) is 31.4 Å². The molecule has 2 atom stereocenters. The number of nitrogens with zero attached hydrogens (tertiary/aromatic N) is 4. The molecule has 1 aliphatic rings. The van der Waals surface area contributed by atoms with Gasteiger partial charge in [0.05, 0.1) is 44.3 Å². The van der Waals surface area contributed by atoms with Crippen molar-refractivity contribution in [3.05, 3.63) is 118 Å². The van der Waals surface area contributed by atoms with Crippen LogP contribution in [0.1, 0.15) is 100.0 Å². The number of amides is 2. The lowest BCUT2D eigenvalue weighted by Gasteiger charge is -2.38. The van der Waals surface area contributed by atoms with Crippen molar-refractivity contribution < 1.29 is 22.9 Å². The summed E-state index contributed by atoms with van der Waals surface area (Å²) in [6, 6.07) is 21.9. The lowest BCUT2D eigenvalue weighted by molar-refractivity contribution is 0.0523. The van der Waals surface area contributed by atoms with Gasteiger partial charge in [0.15, 0.2) is 0 Å². The molecule has 0 aliphatic heterocycles. The highest BCUT2D eigenvalue weighted by molar-refractivity contribution is 7.84. The predicted octanol–water partition coefficient (Wildman–Crippen LogP) is 8.20. The fourth-order valence-electron chi connectivity index (χ4n) is 5.73. The van der Waals surface area contributed by atoms with Crippen molar-refractivity contribution in [2.45, 2.75) is 89.7 Å². The number of carbonyl (C=O) groups is 2. The Morgan fingerprint density at radius 1 is 1.04 bits per heavy atom. The van der Waals surface area contributed by atoms with Crippen LogP contribution in [0, 0.1) is 29.6 Å². The minimum atomic E-state index is -1.56. The molecule has 3 N–H and O–H groups in total. The van der Waals surface area contributed by atoms with Crippen molar-refractivity contribution in [2.75, 3.05) is 5.32 Å². The lowest BCUT2D eigenvalue weighted by atomic mass is 9.79. The molecular formula is C40H44FN7O4S. The highest BCUT2D eigenvalue weighted by Gasteiger charge is 2.40. The molecular weight excluding hydrogens is 694 g/mol. The van der Waals surface area contributed by atoms with E-state index >= 15 is 4.39 Å². The molecule has 0 bridgehead atoms. The van der Waals surface area contributed by atoms with Crippen molar-refractivity contribution in [3.63, 3.8) is 0 Å². The monoisotopic (exact) mass is 737 g/mol. The summed E-state index contributed by atoms with van der Waals surface area (Å²) in [6.07, 6.45) is 2.96. The second kappa shape index (κ2) is 15.7. The standard InChI is InChI=1S/C40H44FN7O4S/c1-38(2,3)52-37(50)44-25-28-9-8-10-31(21-28)48-34(23-35(43-7)46-48)36(49)45-33-22-30(17-18-32(33)41)40(20-19-26-11-12-26,47-53(51)39(4,5)6)29-15-13-27(24-42)14-16-29/h8-10,13-18,21-23,26,47H,11-12,19-20,25H2,1-6H3,(H,44,50)(H,45,49). The normalized spacial score (nSPS) is 14.7. The van der Waals surface area contributed by atoms with Gasteiger partial charge < -0.3 is 20.2 Å². The van der Waals surface area contributed by atoms with Crippen LogP contribution < -0.4 is 15.4 Å². The Morgan fingerprint density at radius 3 is 2.36 bits per heavy atom. The third-order valence-corrected chi connectivity index (χ3v) is 10.3. The summed E-state index contributed by atoms with van der Waals surface area (Å²) in [5.41, 5.74) is 1.06. The summed E-state index contributed by atoms with van der Waals surface area (Å²) in [7, 11) is -1.56. The number of benzene rings is 3. The number of aromatic nitrogens is 2. The number of carbonyl (C=O) groups excluding carboxylic acids is 2. The topological polar surface area (TPSA) is 142 Å². The van der Waals surface area contributed by atoms with Crippen LogP contribution in [0.5, 0.6) is 0 Å². The van der Waals surface area contributed by atoms with Crippen LogP contribution >= 0.6 is 0 Å². The number of alkyl carbamates (subject to hydrolysis) is 1. The number of hydrogen-bond donors (Lipinski definition) is 3. The maximum absolute atomic E-state index is 15.7. The second-order valence-corrected chi connectivity index (χ2v) is 17.1. The SMILES string of the molecule is [C-]#[N+]c1cc(C(=O)Nc2cc(C(CCC3CC3)(NS(=O)C(C)(C)C)c3ccc(C#N)cc3)ccc2F)n(-c2cccc(CNC(=O)OC(C)(C)C)c2)n1. The molecule has 0 spiro atoms. The molecule has 2 unspecified atom stereocenters. The Balaban J connectivity index is 1.51. The average molecular weight is 738 g/mol. The smallest absolute Gasteiger partial charge is 0.407 e. The maximum Gasteiger partial charge on any atom is 0.407 e. The van der Waals surface area contributed by atoms with Gasteiger partial charge in [0, 0.05) is 6.54 Å². The third-order valence-electron chi connectivity index (χ3n) is 8.70. The number of anilines is 1. The first-order valence-corrected chi connectivity index (χ1v) is 18.5. The maximum atomic E-state index is 15.7. The van der Waals surface area contributed by atoms with Gasteiger partial charge in [-0.05, 0) is 125 Å². The van der Waals surface area contributed by atoms with Crippen LogP contribution in [-0.2, 0) is 27.8 Å². The third kappa shape index (κ3) is 9.74. The number of halogens is 1. The first-order chi connectivity index (χ1) is 25.0. The van der Waals surface area contributed by atoms with Gasteiger partial charge >= 0.3 is 6.09 Å². The fourth-order valence-corrected chi connectivity index (χ4v) is 6.69. The first-order valence-electron chi connectivity index (χ1n) is 17.4. The average Bonchev–Trinajstić information content (AvgIpc) is 3.84. The Bertz CT molecular complexity index is 2100. The van der Waals surface area contributed by atoms with Gasteiger partial charge in [-0.1, -0.05) is 49.7 Å². The number of hydrogen-bond acceptors (Lipinski definition) is 6. The number of rotatable bonds is 12. The van der Waals surface area contributed by atoms with Gasteiger partial charge in [0.25, 0.3) is 11.7 Å². The van der Waals surface area contributed by atoms with Crippen LogP contribution in [0.4, 0.5) is 20.7 Å². The molecule has 53 heavy (non-hydrogen) atoms. The lowest BCUT2D eigenvalue weighted by Crippen LogP contribution is -2.49. The molecule has 4 aromatic rings. The van der Waals surface area contributed by atoms with Crippen LogP contribution in [0.3, 0.4) is 0 Å². The zero-order valence-electron chi connectivity index (χ0n) is 30.7. The van der Waals surface area contributed by atoms with Crippen LogP contribution in [0.2, 0.25) is 0 Å². The van der Waals surface area contributed by atoms with Crippen LogP contribution in [0.25, 0.3) is 10.5 Å². The summed E-state index contributed by atoms with van der Waals surface area (Å²) in [5, 5.41) is 19.2. The molecule has 5 rings (SSSR count).